The molecule has 4 aromatic rings. The van der Waals surface area contributed by atoms with Crippen LogP contribution in [-0.4, -0.2) is 67.7 Å². The van der Waals surface area contributed by atoms with E-state index in [-0.39, 0.29) is 23.8 Å². The molecule has 2 aliphatic carbocycles. The van der Waals surface area contributed by atoms with Crippen LogP contribution in [0.3, 0.4) is 0 Å². The van der Waals surface area contributed by atoms with Crippen molar-refractivity contribution in [3.63, 3.8) is 0 Å². The van der Waals surface area contributed by atoms with E-state index in [4.69, 9.17) is 4.74 Å². The number of anilines is 2. The zero-order valence-electron chi connectivity index (χ0n) is 33.6. The van der Waals surface area contributed by atoms with Gasteiger partial charge in [-0.2, -0.15) is 0 Å². The van der Waals surface area contributed by atoms with Crippen molar-refractivity contribution in [3.8, 4) is 11.5 Å². The first kappa shape index (κ1) is 37.7. The molecule has 3 atom stereocenters. The number of ether oxygens (including phenoxy) is 1. The Balaban J connectivity index is 0.775. The van der Waals surface area contributed by atoms with Crippen LogP contribution in [0.1, 0.15) is 109 Å². The van der Waals surface area contributed by atoms with Crippen LogP contribution in [-0.2, 0) is 16.0 Å². The van der Waals surface area contributed by atoms with Gasteiger partial charge in [-0.25, -0.2) is 0 Å². The van der Waals surface area contributed by atoms with Gasteiger partial charge in [-0.05, 0) is 153 Å². The number of hydrogen-bond acceptors (Lipinski definition) is 7. The molecule has 4 fully saturated rings. The Morgan fingerprint density at radius 2 is 1.60 bits per heavy atom. The van der Waals surface area contributed by atoms with E-state index in [1.54, 1.807) is 0 Å². The van der Waals surface area contributed by atoms with Crippen LogP contribution >= 0.6 is 0 Å². The fraction of sp³-hybridized carbons (Fsp3) is 0.469. The van der Waals surface area contributed by atoms with E-state index in [9.17, 15) is 14.7 Å². The fourth-order valence-electron chi connectivity index (χ4n) is 11.3. The molecule has 3 heterocycles. The first-order valence-corrected chi connectivity index (χ1v) is 21.5. The number of piperidine rings is 3. The van der Waals surface area contributed by atoms with E-state index in [1.165, 1.54) is 78.6 Å². The molecule has 0 unspecified atom stereocenters. The van der Waals surface area contributed by atoms with E-state index in [2.05, 4.69) is 100 Å². The molecule has 9 rings (SSSR count). The van der Waals surface area contributed by atoms with Gasteiger partial charge in [0.2, 0.25) is 11.8 Å². The normalized spacial score (nSPS) is 24.1. The maximum absolute atomic E-state index is 12.3. The minimum absolute atomic E-state index is 0.162. The van der Waals surface area contributed by atoms with Gasteiger partial charge >= 0.3 is 0 Å². The first-order chi connectivity index (χ1) is 27.7. The summed E-state index contributed by atoms with van der Waals surface area (Å²) in [7, 11) is 1.81. The Labute approximate surface area is 338 Å². The molecule has 57 heavy (non-hydrogen) atoms. The van der Waals surface area contributed by atoms with Gasteiger partial charge in [0.1, 0.15) is 17.5 Å². The van der Waals surface area contributed by atoms with Crippen LogP contribution in [0.15, 0.2) is 84.9 Å². The molecule has 0 aromatic heterocycles. The second-order valence-corrected chi connectivity index (χ2v) is 17.9. The predicted octanol–water partition coefficient (Wildman–Crippen LogP) is 8.66. The molecule has 3 aliphatic heterocycles. The highest BCUT2D eigenvalue weighted by Crippen LogP contribution is 2.54. The number of phenolic OH excluding ortho intramolecular Hbond substituents is 1. The van der Waals surface area contributed by atoms with Gasteiger partial charge < -0.3 is 25.0 Å². The number of amides is 2. The highest BCUT2D eigenvalue weighted by atomic mass is 16.5. The average molecular weight is 767 g/mol. The van der Waals surface area contributed by atoms with Crippen LogP contribution in [0.4, 0.5) is 11.4 Å². The van der Waals surface area contributed by atoms with E-state index < -0.39 is 0 Å². The lowest BCUT2D eigenvalue weighted by atomic mass is 9.57. The number of carbonyl (C=O) groups is 2. The van der Waals surface area contributed by atoms with E-state index in [0.29, 0.717) is 35.8 Å². The van der Waals surface area contributed by atoms with Crippen LogP contribution < -0.4 is 20.3 Å². The number of likely N-dealkylation sites (tertiary alicyclic amines) is 1. The molecular weight excluding hydrogens is 709 g/mol. The lowest BCUT2D eigenvalue weighted by Gasteiger charge is -2.54. The van der Waals surface area contributed by atoms with E-state index >= 15 is 0 Å². The molecule has 1 saturated carbocycles. The van der Waals surface area contributed by atoms with Gasteiger partial charge in [0, 0.05) is 55.0 Å². The number of nitrogens with one attached hydrogen (secondary N) is 2. The van der Waals surface area contributed by atoms with Gasteiger partial charge in [-0.1, -0.05) is 54.6 Å². The standard InChI is InChI=1S/C49H58N4O4/c1-32-26-36(9-15-43(32)50-44-16-17-46(55)51-48(44)56)34-18-22-52(23-19-34)31-33-29-49(30-33)20-24-53(25-21-49)38-10-13-42(45(28-38)57-2)47-40(35-6-4-3-5-7-35)12-8-37-27-39(54)11-14-41(37)47/h3-7,9-11,13-15,26-28,33-34,40,44,47,50,54H,8,12,16-25,29-31H2,1-2H3,(H,51,55,56)/t40-,44+,47+/m1/s1. The summed E-state index contributed by atoms with van der Waals surface area (Å²) in [4.78, 5) is 29.1. The summed E-state index contributed by atoms with van der Waals surface area (Å²) in [6.45, 7) is 7.87. The molecule has 8 nitrogen and oxygen atoms in total. The Kier molecular flexibility index (Phi) is 10.5. The maximum Gasteiger partial charge on any atom is 0.249 e. The summed E-state index contributed by atoms with van der Waals surface area (Å²) < 4.78 is 6.18. The number of nitrogens with zero attached hydrogens (tertiary/aromatic N) is 2. The minimum atomic E-state index is -0.353. The van der Waals surface area contributed by atoms with Crippen molar-refractivity contribution < 1.29 is 19.4 Å². The summed E-state index contributed by atoms with van der Waals surface area (Å²) in [5, 5.41) is 16.1. The van der Waals surface area contributed by atoms with Crippen LogP contribution in [0, 0.1) is 18.3 Å². The third-order valence-electron chi connectivity index (χ3n) is 14.4. The number of imide groups is 1. The van der Waals surface area contributed by atoms with Gasteiger partial charge in [0.05, 0.1) is 7.11 Å². The minimum Gasteiger partial charge on any atom is -0.508 e. The summed E-state index contributed by atoms with van der Waals surface area (Å²) in [6, 6.07) is 30.1. The molecule has 0 radical (unpaired) electrons. The summed E-state index contributed by atoms with van der Waals surface area (Å²) >= 11 is 0. The SMILES string of the molecule is COc1cc(N2CCC3(CC2)CC(CN2CCC(c4ccc(N[C@H]5CCC(=O)NC5=O)c(C)c4)CC2)C3)ccc1[C@@H]1c2ccc(O)cc2CC[C@@H]1c1ccccc1. The Morgan fingerprint density at radius 3 is 2.33 bits per heavy atom. The number of rotatable bonds is 9. The second kappa shape index (κ2) is 15.8. The molecule has 298 valence electrons. The van der Waals surface area contributed by atoms with Gasteiger partial charge in [0.15, 0.2) is 0 Å². The second-order valence-electron chi connectivity index (χ2n) is 17.9. The van der Waals surface area contributed by atoms with Crippen LogP contribution in [0.5, 0.6) is 11.5 Å². The highest BCUT2D eigenvalue weighted by Gasteiger charge is 2.46. The predicted molar refractivity (Wildman–Crippen MR) is 226 cm³/mol. The maximum atomic E-state index is 12.3. The smallest absolute Gasteiger partial charge is 0.249 e. The molecule has 1 spiro atoms. The third-order valence-corrected chi connectivity index (χ3v) is 14.4. The number of carbonyl (C=O) groups excluding carboxylic acids is 2. The summed E-state index contributed by atoms with van der Waals surface area (Å²) in [5.41, 5.74) is 10.4. The number of methoxy groups -OCH3 is 1. The van der Waals surface area contributed by atoms with Crippen molar-refractivity contribution in [2.24, 2.45) is 11.3 Å². The molecule has 5 aliphatic rings. The molecule has 2 amide bonds. The zero-order chi connectivity index (χ0) is 39.1. The van der Waals surface area contributed by atoms with Crippen molar-refractivity contribution in [1.82, 2.24) is 10.2 Å². The van der Waals surface area contributed by atoms with Gasteiger partial charge in [-0.15, -0.1) is 0 Å². The molecular formula is C49H58N4O4. The third kappa shape index (κ3) is 7.77. The van der Waals surface area contributed by atoms with Crippen molar-refractivity contribution in [1.29, 1.82) is 0 Å². The highest BCUT2D eigenvalue weighted by molar-refractivity contribution is 6.01. The monoisotopic (exact) mass is 766 g/mol. The topological polar surface area (TPSA) is 94.1 Å². The summed E-state index contributed by atoms with van der Waals surface area (Å²) in [6.07, 6.45) is 10.5. The Hall–Kier alpha value is -4.82. The Bertz CT molecular complexity index is 2090. The number of aromatic hydroxyl groups is 1. The van der Waals surface area contributed by atoms with Gasteiger partial charge in [-0.3, -0.25) is 14.9 Å². The van der Waals surface area contributed by atoms with Crippen molar-refractivity contribution in [3.05, 3.63) is 118 Å². The van der Waals surface area contributed by atoms with E-state index in [1.807, 2.05) is 19.2 Å². The lowest BCUT2D eigenvalue weighted by molar-refractivity contribution is -0.133. The number of fused-ring (bicyclic) bond motifs is 1. The van der Waals surface area contributed by atoms with Gasteiger partial charge in [0.25, 0.3) is 0 Å². The molecule has 8 heteroatoms. The lowest BCUT2D eigenvalue weighted by Crippen LogP contribution is -2.50. The molecule has 4 aromatic carbocycles. The van der Waals surface area contributed by atoms with E-state index in [0.717, 1.165) is 61.9 Å². The van der Waals surface area contributed by atoms with Crippen molar-refractivity contribution in [2.45, 2.75) is 94.9 Å². The fourth-order valence-corrected chi connectivity index (χ4v) is 11.3. The largest absolute Gasteiger partial charge is 0.508 e. The molecule has 3 N–H and O–H groups in total. The average Bonchev–Trinajstić information content (AvgIpc) is 3.22. The number of benzene rings is 4. The number of phenols is 1. The quantitative estimate of drug-likeness (QED) is 0.147. The van der Waals surface area contributed by atoms with Crippen LogP contribution in [0.2, 0.25) is 0 Å². The van der Waals surface area contributed by atoms with Crippen LogP contribution in [0.25, 0.3) is 0 Å². The Morgan fingerprint density at radius 1 is 0.825 bits per heavy atom. The molecule has 3 saturated heterocycles. The van der Waals surface area contributed by atoms with Crippen molar-refractivity contribution >= 4 is 23.2 Å². The van der Waals surface area contributed by atoms with Crippen molar-refractivity contribution in [2.75, 3.05) is 50.1 Å². The number of aryl methyl sites for hydroxylation is 2. The summed E-state index contributed by atoms with van der Waals surface area (Å²) in [5.74, 6) is 2.78. The number of hydrogen-bond donors (Lipinski definition) is 3. The first-order valence-electron chi connectivity index (χ1n) is 21.5. The zero-order valence-corrected chi connectivity index (χ0v) is 33.6. The molecule has 0 bridgehead atoms.